The second kappa shape index (κ2) is 8.80. The molecular weight excluding hydrogens is 248 g/mol. The van der Waals surface area contributed by atoms with E-state index in [1.54, 1.807) is 19.9 Å². The largest absolute Gasteiger partial charge is 0.462 e. The van der Waals surface area contributed by atoms with Gasteiger partial charge in [0.25, 0.3) is 0 Å². The maximum atomic E-state index is 11.7. The lowest BCUT2D eigenvalue weighted by molar-refractivity contribution is -0.137. The number of carbonyl (C=O) groups is 1. The van der Waals surface area contributed by atoms with Gasteiger partial charge in [0.15, 0.2) is 0 Å². The summed E-state index contributed by atoms with van der Waals surface area (Å²) in [5.74, 6) is -0.232. The average Bonchev–Trinajstić information content (AvgIpc) is 2.36. The summed E-state index contributed by atoms with van der Waals surface area (Å²) in [6, 6.07) is 0. The van der Waals surface area contributed by atoms with Gasteiger partial charge in [0.2, 0.25) is 0 Å². The minimum absolute atomic E-state index is 0.202. The van der Waals surface area contributed by atoms with Crippen LogP contribution in [-0.2, 0) is 9.53 Å². The third kappa shape index (κ3) is 4.96. The van der Waals surface area contributed by atoms with E-state index in [0.717, 1.165) is 17.0 Å². The van der Waals surface area contributed by atoms with Gasteiger partial charge < -0.3 is 10.5 Å². The summed E-state index contributed by atoms with van der Waals surface area (Å²) in [5, 5.41) is 0.846. The van der Waals surface area contributed by atoms with Crippen LogP contribution in [0.1, 0.15) is 34.1 Å². The predicted octanol–water partition coefficient (Wildman–Crippen LogP) is 2.86. The fourth-order valence-electron chi connectivity index (χ4n) is 1.22. The summed E-state index contributed by atoms with van der Waals surface area (Å²) in [6.45, 7) is 7.88. The van der Waals surface area contributed by atoms with E-state index in [0.29, 0.717) is 12.2 Å². The lowest BCUT2D eigenvalue weighted by Gasteiger charge is -2.08. The molecule has 4 nitrogen and oxygen atoms in total. The number of hydrogen-bond acceptors (Lipinski definition) is 4. The Kier molecular flexibility index (Phi) is 8.20. The molecule has 2 N–H and O–H groups in total. The molecule has 0 saturated heterocycles. The van der Waals surface area contributed by atoms with E-state index < -0.39 is 5.97 Å². The molecular formula is C13H22N2O2S. The Balaban J connectivity index is 5.23. The van der Waals surface area contributed by atoms with Gasteiger partial charge in [0.1, 0.15) is 5.84 Å². The molecule has 0 aromatic heterocycles. The van der Waals surface area contributed by atoms with Crippen molar-refractivity contribution in [3.05, 3.63) is 22.3 Å². The topological polar surface area (TPSA) is 64.7 Å². The van der Waals surface area contributed by atoms with Crippen LogP contribution < -0.4 is 5.73 Å². The fraction of sp³-hybridized carbons (Fsp3) is 0.538. The van der Waals surface area contributed by atoms with Crippen molar-refractivity contribution in [2.75, 3.05) is 12.9 Å². The molecule has 0 aliphatic heterocycles. The van der Waals surface area contributed by atoms with E-state index in [9.17, 15) is 4.79 Å². The first-order valence-corrected chi connectivity index (χ1v) is 7.15. The molecule has 0 heterocycles. The Labute approximate surface area is 113 Å². The van der Waals surface area contributed by atoms with E-state index in [2.05, 4.69) is 11.9 Å². The first-order chi connectivity index (χ1) is 8.51. The SMILES string of the molecule is C\C=C(C(=O)OCC)/C(N)=N/C(SC)=C(\C)CC. The molecule has 0 radical (unpaired) electrons. The molecule has 0 rings (SSSR count). The zero-order valence-electron chi connectivity index (χ0n) is 11.7. The number of ether oxygens (including phenoxy) is 1. The number of aliphatic imine (C=N–C) groups is 1. The maximum absolute atomic E-state index is 11.7. The zero-order valence-corrected chi connectivity index (χ0v) is 12.6. The number of thioether (sulfide) groups is 1. The standard InChI is InChI=1S/C13H22N2O2S/c1-6-9(4)12(18-5)15-11(14)10(7-2)13(16)17-8-3/h7H,6,8H2,1-5H3,(H2,14,15)/b10-7+,12-9-. The lowest BCUT2D eigenvalue weighted by atomic mass is 10.2. The van der Waals surface area contributed by atoms with Gasteiger partial charge in [-0.25, -0.2) is 9.79 Å². The number of hydrogen-bond donors (Lipinski definition) is 1. The van der Waals surface area contributed by atoms with Crippen molar-refractivity contribution in [3.8, 4) is 0 Å². The van der Waals surface area contributed by atoms with Crippen molar-refractivity contribution in [2.45, 2.75) is 34.1 Å². The van der Waals surface area contributed by atoms with Crippen LogP contribution in [0.15, 0.2) is 27.2 Å². The minimum Gasteiger partial charge on any atom is -0.462 e. The molecule has 0 saturated carbocycles. The highest BCUT2D eigenvalue weighted by molar-refractivity contribution is 8.02. The fourth-order valence-corrected chi connectivity index (χ4v) is 1.90. The van der Waals surface area contributed by atoms with E-state index in [1.165, 1.54) is 11.8 Å². The van der Waals surface area contributed by atoms with E-state index in [4.69, 9.17) is 10.5 Å². The maximum Gasteiger partial charge on any atom is 0.341 e. The first-order valence-electron chi connectivity index (χ1n) is 5.93. The van der Waals surface area contributed by atoms with Gasteiger partial charge in [-0.3, -0.25) is 0 Å². The van der Waals surface area contributed by atoms with Crippen molar-refractivity contribution >= 4 is 23.6 Å². The van der Waals surface area contributed by atoms with E-state index in [-0.39, 0.29) is 5.84 Å². The quantitative estimate of drug-likeness (QED) is 0.349. The summed E-state index contributed by atoms with van der Waals surface area (Å²) >= 11 is 1.52. The molecule has 0 spiro atoms. The normalized spacial score (nSPS) is 14.3. The van der Waals surface area contributed by atoms with Gasteiger partial charge in [-0.15, -0.1) is 11.8 Å². The van der Waals surface area contributed by atoms with Crippen LogP contribution in [0.4, 0.5) is 0 Å². The Bertz CT molecular complexity index is 384. The second-order valence-corrected chi connectivity index (χ2v) is 4.36. The van der Waals surface area contributed by atoms with Crippen LogP contribution in [-0.4, -0.2) is 24.7 Å². The number of esters is 1. The molecule has 0 amide bonds. The van der Waals surface area contributed by atoms with Crippen LogP contribution >= 0.6 is 11.8 Å². The molecule has 0 aromatic carbocycles. The van der Waals surface area contributed by atoms with Crippen LogP contribution in [0.3, 0.4) is 0 Å². The van der Waals surface area contributed by atoms with Crippen LogP contribution in [0.25, 0.3) is 0 Å². The van der Waals surface area contributed by atoms with E-state index >= 15 is 0 Å². The number of amidine groups is 1. The molecule has 0 fully saturated rings. The molecule has 0 aromatic rings. The van der Waals surface area contributed by atoms with Gasteiger partial charge in [0.05, 0.1) is 17.2 Å². The molecule has 102 valence electrons. The highest BCUT2D eigenvalue weighted by Gasteiger charge is 2.14. The molecule has 0 unspecified atom stereocenters. The minimum atomic E-state index is -0.434. The molecule has 0 atom stereocenters. The van der Waals surface area contributed by atoms with Crippen molar-refractivity contribution in [3.63, 3.8) is 0 Å². The molecule has 0 aliphatic carbocycles. The number of nitrogens with two attached hydrogens (primary N) is 1. The molecule has 0 bridgehead atoms. The van der Waals surface area contributed by atoms with Gasteiger partial charge in [-0.2, -0.15) is 0 Å². The Morgan fingerprint density at radius 1 is 1.44 bits per heavy atom. The summed E-state index contributed by atoms with van der Waals surface area (Å²) < 4.78 is 4.93. The molecule has 5 heteroatoms. The molecule has 18 heavy (non-hydrogen) atoms. The Morgan fingerprint density at radius 3 is 2.44 bits per heavy atom. The van der Waals surface area contributed by atoms with Crippen molar-refractivity contribution in [2.24, 2.45) is 10.7 Å². The van der Waals surface area contributed by atoms with E-state index in [1.807, 2.05) is 13.2 Å². The summed E-state index contributed by atoms with van der Waals surface area (Å²) in [7, 11) is 0. The van der Waals surface area contributed by atoms with Crippen molar-refractivity contribution in [1.29, 1.82) is 0 Å². The number of carbonyl (C=O) groups excluding carboxylic acids is 1. The summed E-state index contributed by atoms with van der Waals surface area (Å²) in [5.41, 5.74) is 7.32. The highest BCUT2D eigenvalue weighted by Crippen LogP contribution is 2.21. The summed E-state index contributed by atoms with van der Waals surface area (Å²) in [6.07, 6.45) is 4.46. The highest BCUT2D eigenvalue weighted by atomic mass is 32.2. The van der Waals surface area contributed by atoms with Crippen LogP contribution in [0.2, 0.25) is 0 Å². The summed E-state index contributed by atoms with van der Waals surface area (Å²) in [4.78, 5) is 16.0. The van der Waals surface area contributed by atoms with Gasteiger partial charge in [-0.05, 0) is 39.0 Å². The van der Waals surface area contributed by atoms with Gasteiger partial charge in [-0.1, -0.05) is 13.0 Å². The Hall–Kier alpha value is -1.23. The third-order valence-corrected chi connectivity index (χ3v) is 3.20. The van der Waals surface area contributed by atoms with Gasteiger partial charge >= 0.3 is 5.97 Å². The Morgan fingerprint density at radius 2 is 2.06 bits per heavy atom. The number of allylic oxidation sites excluding steroid dienone is 2. The smallest absolute Gasteiger partial charge is 0.341 e. The van der Waals surface area contributed by atoms with Crippen LogP contribution in [0.5, 0.6) is 0 Å². The number of nitrogens with zero attached hydrogens (tertiary/aromatic N) is 1. The predicted molar refractivity (Wildman–Crippen MR) is 78.5 cm³/mol. The van der Waals surface area contributed by atoms with Crippen LogP contribution in [0, 0.1) is 0 Å². The first kappa shape index (κ1) is 16.8. The van der Waals surface area contributed by atoms with Crippen molar-refractivity contribution in [1.82, 2.24) is 0 Å². The molecule has 0 aliphatic rings. The van der Waals surface area contributed by atoms with Crippen molar-refractivity contribution < 1.29 is 9.53 Å². The third-order valence-electron chi connectivity index (χ3n) is 2.37. The van der Waals surface area contributed by atoms with Gasteiger partial charge in [0, 0.05) is 0 Å². The average molecular weight is 270 g/mol. The zero-order chi connectivity index (χ0) is 14.1. The lowest BCUT2D eigenvalue weighted by Crippen LogP contribution is -2.23. The second-order valence-electron chi connectivity index (χ2n) is 3.56. The number of rotatable bonds is 6. The monoisotopic (exact) mass is 270 g/mol.